The normalized spacial score (nSPS) is 12.3. The highest BCUT2D eigenvalue weighted by molar-refractivity contribution is 7.99. The van der Waals surface area contributed by atoms with Crippen LogP contribution in [0.3, 0.4) is 0 Å². The number of carbonyl (C=O) groups is 1. The fourth-order valence-electron chi connectivity index (χ4n) is 1.20. The van der Waals surface area contributed by atoms with Crippen LogP contribution in [0, 0.1) is 0 Å². The van der Waals surface area contributed by atoms with Gasteiger partial charge in [0.1, 0.15) is 6.04 Å². The van der Waals surface area contributed by atoms with E-state index in [4.69, 9.17) is 5.11 Å². The Labute approximate surface area is 93.9 Å². The standard InChI is InChI=1S/C11H15NO2S/c1-12-10(11(13)14)7-8-15-9-5-3-2-4-6-9/h2-6,10,12H,7-8H2,1H3,(H,13,14). The van der Waals surface area contributed by atoms with E-state index in [-0.39, 0.29) is 0 Å². The number of thioether (sulfide) groups is 1. The molecule has 1 aromatic rings. The summed E-state index contributed by atoms with van der Waals surface area (Å²) in [6.07, 6.45) is 0.630. The molecular formula is C11H15NO2S. The number of aliphatic carboxylic acids is 1. The Morgan fingerprint density at radius 1 is 1.47 bits per heavy atom. The molecule has 0 aromatic heterocycles. The molecule has 1 atom stereocenters. The molecule has 2 N–H and O–H groups in total. The Morgan fingerprint density at radius 3 is 2.67 bits per heavy atom. The van der Waals surface area contributed by atoms with Crippen LogP contribution in [0.25, 0.3) is 0 Å². The third-order valence-corrected chi connectivity index (χ3v) is 3.11. The topological polar surface area (TPSA) is 49.3 Å². The van der Waals surface area contributed by atoms with Crippen molar-refractivity contribution in [2.75, 3.05) is 12.8 Å². The van der Waals surface area contributed by atoms with Gasteiger partial charge < -0.3 is 10.4 Å². The molecule has 0 saturated heterocycles. The molecule has 0 spiro atoms. The highest BCUT2D eigenvalue weighted by Crippen LogP contribution is 2.18. The van der Waals surface area contributed by atoms with Gasteiger partial charge in [-0.05, 0) is 25.6 Å². The van der Waals surface area contributed by atoms with Crippen LogP contribution in [0.1, 0.15) is 6.42 Å². The van der Waals surface area contributed by atoms with E-state index in [1.54, 1.807) is 18.8 Å². The Balaban J connectivity index is 2.30. The molecule has 0 amide bonds. The summed E-state index contributed by atoms with van der Waals surface area (Å²) in [5, 5.41) is 11.6. The number of nitrogens with one attached hydrogen (secondary N) is 1. The lowest BCUT2D eigenvalue weighted by Crippen LogP contribution is -2.34. The Kier molecular flexibility index (Phi) is 5.21. The molecule has 0 saturated carbocycles. The number of hydrogen-bond acceptors (Lipinski definition) is 3. The van der Waals surface area contributed by atoms with Gasteiger partial charge in [-0.15, -0.1) is 11.8 Å². The molecule has 15 heavy (non-hydrogen) atoms. The van der Waals surface area contributed by atoms with Crippen molar-refractivity contribution in [3.63, 3.8) is 0 Å². The zero-order valence-corrected chi connectivity index (χ0v) is 9.46. The smallest absolute Gasteiger partial charge is 0.320 e. The van der Waals surface area contributed by atoms with E-state index in [2.05, 4.69) is 5.32 Å². The second-order valence-electron chi connectivity index (χ2n) is 3.13. The SMILES string of the molecule is CNC(CCSc1ccccc1)C(=O)O. The first kappa shape index (κ1) is 12.1. The van der Waals surface area contributed by atoms with Crippen LogP contribution >= 0.6 is 11.8 Å². The molecule has 0 aliphatic rings. The van der Waals surface area contributed by atoms with Crippen LogP contribution in [-0.2, 0) is 4.79 Å². The maximum absolute atomic E-state index is 10.7. The van der Waals surface area contributed by atoms with Crippen molar-refractivity contribution < 1.29 is 9.90 Å². The van der Waals surface area contributed by atoms with Crippen LogP contribution in [0.2, 0.25) is 0 Å². The van der Waals surface area contributed by atoms with Crippen molar-refractivity contribution in [3.8, 4) is 0 Å². The molecule has 0 radical (unpaired) electrons. The van der Waals surface area contributed by atoms with E-state index in [0.29, 0.717) is 6.42 Å². The van der Waals surface area contributed by atoms with Gasteiger partial charge in [0.15, 0.2) is 0 Å². The molecule has 82 valence electrons. The minimum absolute atomic E-state index is 0.443. The van der Waals surface area contributed by atoms with E-state index < -0.39 is 12.0 Å². The molecular weight excluding hydrogens is 210 g/mol. The highest BCUT2D eigenvalue weighted by atomic mass is 32.2. The monoisotopic (exact) mass is 225 g/mol. The lowest BCUT2D eigenvalue weighted by Gasteiger charge is -2.10. The van der Waals surface area contributed by atoms with Crippen molar-refractivity contribution in [1.29, 1.82) is 0 Å². The van der Waals surface area contributed by atoms with Crippen LogP contribution in [-0.4, -0.2) is 29.9 Å². The number of hydrogen-bond donors (Lipinski definition) is 2. The molecule has 0 bridgehead atoms. The maximum atomic E-state index is 10.7. The third-order valence-electron chi connectivity index (χ3n) is 2.07. The third kappa shape index (κ3) is 4.36. The van der Waals surface area contributed by atoms with Gasteiger partial charge >= 0.3 is 5.97 Å². The summed E-state index contributed by atoms with van der Waals surface area (Å²) in [4.78, 5) is 11.9. The van der Waals surface area contributed by atoms with Crippen LogP contribution in [0.5, 0.6) is 0 Å². The molecule has 0 aliphatic heterocycles. The van der Waals surface area contributed by atoms with Crippen molar-refractivity contribution in [3.05, 3.63) is 30.3 Å². The van der Waals surface area contributed by atoms with Crippen LogP contribution < -0.4 is 5.32 Å². The van der Waals surface area contributed by atoms with Crippen molar-refractivity contribution in [1.82, 2.24) is 5.32 Å². The number of benzene rings is 1. The molecule has 1 unspecified atom stereocenters. The Bertz CT molecular complexity index is 303. The van der Waals surface area contributed by atoms with E-state index in [9.17, 15) is 4.79 Å². The molecule has 4 heteroatoms. The molecule has 0 aliphatic carbocycles. The summed E-state index contributed by atoms with van der Waals surface area (Å²) in [7, 11) is 1.67. The van der Waals surface area contributed by atoms with E-state index in [1.165, 1.54) is 4.90 Å². The molecule has 0 heterocycles. The van der Waals surface area contributed by atoms with Gasteiger partial charge in [-0.2, -0.15) is 0 Å². The molecule has 3 nitrogen and oxygen atoms in total. The van der Waals surface area contributed by atoms with Gasteiger partial charge in [0.05, 0.1) is 0 Å². The lowest BCUT2D eigenvalue weighted by molar-refractivity contribution is -0.139. The lowest BCUT2D eigenvalue weighted by atomic mass is 10.2. The van der Waals surface area contributed by atoms with Crippen molar-refractivity contribution in [2.24, 2.45) is 0 Å². The summed E-state index contributed by atoms with van der Waals surface area (Å²) in [5.41, 5.74) is 0. The van der Waals surface area contributed by atoms with E-state index in [1.807, 2.05) is 30.3 Å². The van der Waals surface area contributed by atoms with Gasteiger partial charge in [0.2, 0.25) is 0 Å². The number of rotatable bonds is 6. The molecule has 1 aromatic carbocycles. The second kappa shape index (κ2) is 6.48. The second-order valence-corrected chi connectivity index (χ2v) is 4.30. The average Bonchev–Trinajstić information content (AvgIpc) is 2.25. The summed E-state index contributed by atoms with van der Waals surface area (Å²) in [6, 6.07) is 9.54. The predicted molar refractivity (Wildman–Crippen MR) is 62.3 cm³/mol. The minimum Gasteiger partial charge on any atom is -0.480 e. The van der Waals surface area contributed by atoms with Gasteiger partial charge in [-0.25, -0.2) is 0 Å². The minimum atomic E-state index is -0.786. The quantitative estimate of drug-likeness (QED) is 0.725. The molecule has 0 fully saturated rings. The highest BCUT2D eigenvalue weighted by Gasteiger charge is 2.13. The molecule has 1 rings (SSSR count). The van der Waals surface area contributed by atoms with Gasteiger partial charge in [-0.3, -0.25) is 4.79 Å². The fourth-order valence-corrected chi connectivity index (χ4v) is 2.14. The van der Waals surface area contributed by atoms with Crippen molar-refractivity contribution >= 4 is 17.7 Å². The summed E-state index contributed by atoms with van der Waals surface area (Å²) < 4.78 is 0. The first-order valence-electron chi connectivity index (χ1n) is 4.82. The van der Waals surface area contributed by atoms with Crippen LogP contribution in [0.15, 0.2) is 35.2 Å². The summed E-state index contributed by atoms with van der Waals surface area (Å²) >= 11 is 1.68. The number of carboxylic acid groups (broad SMARTS) is 1. The first-order chi connectivity index (χ1) is 7.24. The predicted octanol–water partition coefficient (Wildman–Crippen LogP) is 1.84. The fraction of sp³-hybridized carbons (Fsp3) is 0.364. The zero-order chi connectivity index (χ0) is 11.1. The van der Waals surface area contributed by atoms with E-state index in [0.717, 1.165) is 5.75 Å². The van der Waals surface area contributed by atoms with Crippen LogP contribution in [0.4, 0.5) is 0 Å². The summed E-state index contributed by atoms with van der Waals surface area (Å²) in [6.45, 7) is 0. The van der Waals surface area contributed by atoms with Gasteiger partial charge in [0, 0.05) is 10.6 Å². The Morgan fingerprint density at radius 2 is 2.13 bits per heavy atom. The number of likely N-dealkylation sites (N-methyl/N-ethyl adjacent to an activating group) is 1. The van der Waals surface area contributed by atoms with E-state index >= 15 is 0 Å². The van der Waals surface area contributed by atoms with Gasteiger partial charge in [-0.1, -0.05) is 18.2 Å². The number of carboxylic acids is 1. The summed E-state index contributed by atoms with van der Waals surface area (Å²) in [5.74, 6) is 0.0214. The maximum Gasteiger partial charge on any atom is 0.320 e. The van der Waals surface area contributed by atoms with Gasteiger partial charge in [0.25, 0.3) is 0 Å². The Hall–Kier alpha value is -1.00. The average molecular weight is 225 g/mol. The zero-order valence-electron chi connectivity index (χ0n) is 8.64. The first-order valence-corrected chi connectivity index (χ1v) is 5.80. The van der Waals surface area contributed by atoms with Crippen molar-refractivity contribution in [2.45, 2.75) is 17.4 Å². The largest absolute Gasteiger partial charge is 0.480 e.